The highest BCUT2D eigenvalue weighted by Gasteiger charge is 2.34. The zero-order chi connectivity index (χ0) is 68.8. The average Bonchev–Trinajstić information content (AvgIpc) is 1.36. The van der Waals surface area contributed by atoms with E-state index in [9.17, 15) is 8.78 Å². The van der Waals surface area contributed by atoms with E-state index in [2.05, 4.69) is 265 Å². The highest BCUT2D eigenvalue weighted by molar-refractivity contribution is 6.91. The Hall–Kier alpha value is -8.88. The predicted molar refractivity (Wildman–Crippen MR) is 410 cm³/mol. The number of para-hydroxylation sites is 4. The molecular formula is C85H90F2N3O3Si3+3. The highest BCUT2D eigenvalue weighted by Crippen LogP contribution is 2.44. The third-order valence-corrected chi connectivity index (χ3v) is 26.8. The minimum absolute atomic E-state index is 0.233. The number of benzene rings is 9. The van der Waals surface area contributed by atoms with Crippen LogP contribution in [0.5, 0.6) is 0 Å². The van der Waals surface area contributed by atoms with Gasteiger partial charge in [0, 0.05) is 93.9 Å². The zero-order valence-corrected chi connectivity index (χ0v) is 63.2. The number of halogens is 2. The fourth-order valence-electron chi connectivity index (χ4n) is 15.1. The van der Waals surface area contributed by atoms with Crippen LogP contribution in [0.25, 0.3) is 132 Å². The number of aryl methyl sites for hydroxylation is 10. The van der Waals surface area contributed by atoms with Crippen LogP contribution >= 0.6 is 0 Å². The molecule has 15 aromatic rings. The summed E-state index contributed by atoms with van der Waals surface area (Å²) in [5, 5.41) is 14.7. The second-order valence-corrected chi connectivity index (χ2v) is 45.5. The van der Waals surface area contributed by atoms with Crippen LogP contribution in [-0.2, 0) is 21.1 Å². The summed E-state index contributed by atoms with van der Waals surface area (Å²) in [6.45, 7) is 43.1. The molecule has 0 atom stereocenters. The summed E-state index contributed by atoms with van der Waals surface area (Å²) in [5.41, 5.74) is 27.5. The van der Waals surface area contributed by atoms with Gasteiger partial charge in [-0.05, 0) is 186 Å². The molecule has 15 rings (SSSR count). The van der Waals surface area contributed by atoms with E-state index in [1.165, 1.54) is 133 Å². The summed E-state index contributed by atoms with van der Waals surface area (Å²) in [5.74, 6) is -0.512. The fraction of sp³-hybridized carbons (Fsp3) is 0.259. The van der Waals surface area contributed by atoms with Gasteiger partial charge in [0.15, 0.2) is 0 Å². The minimum atomic E-state index is -1.58. The van der Waals surface area contributed by atoms with E-state index in [1.54, 1.807) is 13.0 Å². The molecule has 0 unspecified atom stereocenters. The van der Waals surface area contributed by atoms with E-state index < -0.39 is 24.2 Å². The molecule has 11 heteroatoms. The third kappa shape index (κ3) is 10.8. The van der Waals surface area contributed by atoms with Gasteiger partial charge in [0.1, 0.15) is 66.3 Å². The lowest BCUT2D eigenvalue weighted by Gasteiger charge is -2.19. The summed E-state index contributed by atoms with van der Waals surface area (Å²) in [6.07, 6.45) is 0. The van der Waals surface area contributed by atoms with Crippen LogP contribution in [0, 0.1) is 80.9 Å². The second-order valence-electron chi connectivity index (χ2n) is 30.4. The van der Waals surface area contributed by atoms with Crippen molar-refractivity contribution in [3.63, 3.8) is 0 Å². The smallest absolute Gasteiger partial charge is 0.217 e. The number of fused-ring (bicyclic) bond motifs is 12. The molecule has 0 radical (unpaired) electrons. The Labute approximate surface area is 566 Å². The van der Waals surface area contributed by atoms with E-state index in [1.807, 2.05) is 18.2 Å². The van der Waals surface area contributed by atoms with Crippen molar-refractivity contribution in [2.75, 3.05) is 0 Å². The topological polar surface area (TPSA) is 51.1 Å². The Kier molecular flexibility index (Phi) is 16.3. The number of rotatable bonds is 6. The van der Waals surface area contributed by atoms with Crippen molar-refractivity contribution in [3.05, 3.63) is 213 Å². The molecule has 0 fully saturated rings. The number of nitrogens with zero attached hydrogens (tertiary/aromatic N) is 3. The molecule has 0 aliphatic heterocycles. The second kappa shape index (κ2) is 23.7. The van der Waals surface area contributed by atoms with E-state index in [0.29, 0.717) is 16.7 Å². The summed E-state index contributed by atoms with van der Waals surface area (Å²) < 4.78 is 54.6. The third-order valence-electron chi connectivity index (χ3n) is 20.8. The maximum Gasteiger partial charge on any atom is 0.217 e. The fourth-order valence-corrected chi connectivity index (χ4v) is 20.0. The maximum atomic E-state index is 14.3. The minimum Gasteiger partial charge on any atom is -0.455 e. The molecule has 0 bridgehead atoms. The highest BCUT2D eigenvalue weighted by atomic mass is 28.3. The van der Waals surface area contributed by atoms with Crippen molar-refractivity contribution in [3.8, 4) is 33.8 Å². The van der Waals surface area contributed by atoms with Gasteiger partial charge in [-0.2, -0.15) is 13.7 Å². The molecule has 0 saturated carbocycles. The zero-order valence-electron chi connectivity index (χ0n) is 60.2. The standard InChI is InChI=1S/C29H31FNOSi.C28H29FNOSi.C28H30NOSi/c1-16-14-22-21-12-13-23(30)19(4)28(21)32-29(22)26(18(16)3)24-15-17(2)20-10-9-11-25(33(6,7)8)27(20)31(24)5;1-16-13-22-21-12-11-19(29)15-24(21)31-28(22)26(18(16)3)23-14-17(2)20-9-8-10-25(32(5,6)7)27(20)30(23)4;1-17-15-22-21-11-8-9-13-24(21)30-28(22)26(19(17)3)23-16-18(2)20-12-10-14-25(31(5,6)7)27(20)29(23)4/h9-15H,1-8H3;8-15H,1-7H3;8-16H,1-7H3/q3*+1. The lowest BCUT2D eigenvalue weighted by atomic mass is 9.94. The van der Waals surface area contributed by atoms with Crippen LogP contribution in [0.1, 0.15) is 55.6 Å². The molecule has 6 nitrogen and oxygen atoms in total. The summed E-state index contributed by atoms with van der Waals surface area (Å²) >= 11 is 0. The SMILES string of the molecule is Cc1cc2c(oc3c(C)c(F)ccc32)c(-c2cc(C)c3cccc([Si](C)(C)C)c3[n+]2C)c1C.Cc1cc2c(oc3cc(F)ccc32)c(-c2cc(C)c3cccc([Si](C)(C)C)c3[n+]2C)c1C.Cc1cc2c(oc3ccccc32)c(-c2cc(C)c3cccc([Si](C)(C)C)c3[n+]2C)c1C. The molecule has 96 heavy (non-hydrogen) atoms. The Morgan fingerprint density at radius 2 is 0.635 bits per heavy atom. The van der Waals surface area contributed by atoms with Crippen LogP contribution in [0.15, 0.2) is 159 Å². The first-order valence-corrected chi connectivity index (χ1v) is 44.2. The molecule has 0 saturated heterocycles. The van der Waals surface area contributed by atoms with Crippen LogP contribution in [0.2, 0.25) is 58.9 Å². The lowest BCUT2D eigenvalue weighted by molar-refractivity contribution is -0.633. The molecule has 6 heterocycles. The molecule has 6 aromatic heterocycles. The number of pyridine rings is 3. The van der Waals surface area contributed by atoms with Crippen molar-refractivity contribution in [1.29, 1.82) is 0 Å². The molecule has 0 aliphatic rings. The molecule has 0 N–H and O–H groups in total. The monoisotopic (exact) mass is 1320 g/mol. The van der Waals surface area contributed by atoms with Gasteiger partial charge in [-0.3, -0.25) is 0 Å². The van der Waals surface area contributed by atoms with Gasteiger partial charge in [-0.25, -0.2) is 8.78 Å². The van der Waals surface area contributed by atoms with Gasteiger partial charge < -0.3 is 13.3 Å². The average molecular weight is 1320 g/mol. The molecular weight excluding hydrogens is 1230 g/mol. The lowest BCUT2D eigenvalue weighted by Crippen LogP contribution is -2.45. The maximum absolute atomic E-state index is 14.3. The van der Waals surface area contributed by atoms with Gasteiger partial charge in [-0.15, -0.1) is 0 Å². The van der Waals surface area contributed by atoms with Crippen LogP contribution in [-0.4, -0.2) is 24.2 Å². The number of furan rings is 3. The molecule has 486 valence electrons. The first kappa shape index (κ1) is 65.8. The van der Waals surface area contributed by atoms with E-state index >= 15 is 0 Å². The molecule has 9 aromatic carbocycles. The van der Waals surface area contributed by atoms with Gasteiger partial charge in [-0.1, -0.05) is 114 Å². The largest absolute Gasteiger partial charge is 0.455 e. The van der Waals surface area contributed by atoms with Crippen molar-refractivity contribution in [2.45, 2.75) is 128 Å². The van der Waals surface area contributed by atoms with Crippen LogP contribution in [0.4, 0.5) is 8.78 Å². The van der Waals surface area contributed by atoms with Crippen molar-refractivity contribution >= 4 is 138 Å². The van der Waals surface area contributed by atoms with Crippen molar-refractivity contribution in [1.82, 2.24) is 0 Å². The predicted octanol–water partition coefficient (Wildman–Crippen LogP) is 20.7. The van der Waals surface area contributed by atoms with Gasteiger partial charge in [0.25, 0.3) is 0 Å². The van der Waals surface area contributed by atoms with Crippen LogP contribution in [0.3, 0.4) is 0 Å². The summed E-state index contributed by atoms with van der Waals surface area (Å²) in [7, 11) is 1.87. The number of aromatic nitrogens is 3. The number of hydrogen-bond donors (Lipinski definition) is 0. The molecule has 0 amide bonds. The molecule has 0 spiro atoms. The van der Waals surface area contributed by atoms with Crippen LogP contribution < -0.4 is 29.3 Å². The normalized spacial score (nSPS) is 12.4. The van der Waals surface area contributed by atoms with Crippen molar-refractivity contribution < 1.29 is 35.7 Å². The van der Waals surface area contributed by atoms with E-state index in [-0.39, 0.29) is 11.6 Å². The summed E-state index contributed by atoms with van der Waals surface area (Å²) in [4.78, 5) is 0. The number of hydrogen-bond acceptors (Lipinski definition) is 3. The summed E-state index contributed by atoms with van der Waals surface area (Å²) in [6, 6.07) is 50.3. The van der Waals surface area contributed by atoms with E-state index in [0.717, 1.165) is 66.4 Å². The first-order valence-electron chi connectivity index (χ1n) is 33.7. The van der Waals surface area contributed by atoms with Crippen molar-refractivity contribution in [2.24, 2.45) is 21.1 Å². The van der Waals surface area contributed by atoms with Gasteiger partial charge in [0.2, 0.25) is 33.6 Å². The Morgan fingerprint density at radius 3 is 1.04 bits per heavy atom. The Bertz CT molecular complexity index is 5790. The Morgan fingerprint density at radius 1 is 0.292 bits per heavy atom. The quantitative estimate of drug-likeness (QED) is 0.123. The Balaban J connectivity index is 0.000000130. The first-order chi connectivity index (χ1) is 45.3. The van der Waals surface area contributed by atoms with E-state index in [4.69, 9.17) is 13.3 Å². The van der Waals surface area contributed by atoms with Gasteiger partial charge in [0.05, 0.1) is 40.9 Å². The van der Waals surface area contributed by atoms with Gasteiger partial charge >= 0.3 is 0 Å². The molecule has 0 aliphatic carbocycles.